The number of nitrogens with one attached hydrogen (secondary N) is 1. The lowest BCUT2D eigenvalue weighted by Crippen LogP contribution is -2.42. The Hall–Kier alpha value is -3.15. The number of ether oxygens (including phenoxy) is 1. The van der Waals surface area contributed by atoms with E-state index in [0.717, 1.165) is 11.1 Å². The highest BCUT2D eigenvalue weighted by molar-refractivity contribution is 5.93. The smallest absolute Gasteiger partial charge is 0.338 e. The van der Waals surface area contributed by atoms with Crippen LogP contribution in [0.1, 0.15) is 35.3 Å². The van der Waals surface area contributed by atoms with Crippen LogP contribution in [-0.2, 0) is 20.7 Å². The van der Waals surface area contributed by atoms with Crippen molar-refractivity contribution in [1.29, 1.82) is 0 Å². The van der Waals surface area contributed by atoms with E-state index in [1.807, 2.05) is 49.4 Å². The first-order valence-electron chi connectivity index (χ1n) is 9.38. The van der Waals surface area contributed by atoms with Crippen molar-refractivity contribution in [3.63, 3.8) is 0 Å². The summed E-state index contributed by atoms with van der Waals surface area (Å²) in [6.07, 6.45) is 0.596. The number of carbonyl (C=O) groups excluding carboxylic acids is 3. The zero-order valence-electron chi connectivity index (χ0n) is 16.3. The first-order valence-corrected chi connectivity index (χ1v) is 9.38. The van der Waals surface area contributed by atoms with Gasteiger partial charge >= 0.3 is 5.97 Å². The van der Waals surface area contributed by atoms with Gasteiger partial charge in [-0.15, -0.1) is 0 Å². The highest BCUT2D eigenvalue weighted by atomic mass is 16.5. The lowest BCUT2D eigenvalue weighted by Gasteiger charge is -2.20. The summed E-state index contributed by atoms with van der Waals surface area (Å²) in [6, 6.07) is 17.0. The second-order valence-corrected chi connectivity index (χ2v) is 6.26. The van der Waals surface area contributed by atoms with Crippen molar-refractivity contribution in [2.75, 3.05) is 26.2 Å². The fraction of sp³-hybridized carbons (Fsp3) is 0.318. The van der Waals surface area contributed by atoms with Crippen molar-refractivity contribution < 1.29 is 19.1 Å². The van der Waals surface area contributed by atoms with Gasteiger partial charge in [-0.05, 0) is 37.5 Å². The maximum atomic E-state index is 12.5. The van der Waals surface area contributed by atoms with E-state index in [0.29, 0.717) is 25.1 Å². The Kier molecular flexibility index (Phi) is 8.21. The molecular weight excluding hydrogens is 356 g/mol. The molecule has 0 fully saturated rings. The number of esters is 1. The number of likely N-dealkylation sites (N-methyl/N-ethyl adjacent to an activating group) is 2. The summed E-state index contributed by atoms with van der Waals surface area (Å²) in [4.78, 5) is 37.9. The lowest BCUT2D eigenvalue weighted by atomic mass is 10.00. The molecule has 6 nitrogen and oxygen atoms in total. The summed E-state index contributed by atoms with van der Waals surface area (Å²) >= 11 is 0. The van der Waals surface area contributed by atoms with Gasteiger partial charge in [0.1, 0.15) is 0 Å². The molecule has 0 unspecified atom stereocenters. The first-order chi connectivity index (χ1) is 13.5. The highest BCUT2D eigenvalue weighted by Crippen LogP contribution is 2.15. The molecule has 148 valence electrons. The zero-order chi connectivity index (χ0) is 20.4. The molecule has 28 heavy (non-hydrogen) atoms. The number of hydrogen-bond donors (Lipinski definition) is 1. The molecule has 2 amide bonds. The van der Waals surface area contributed by atoms with E-state index in [-0.39, 0.29) is 12.5 Å². The van der Waals surface area contributed by atoms with Crippen LogP contribution in [0.15, 0.2) is 54.6 Å². The molecule has 0 radical (unpaired) electrons. The second-order valence-electron chi connectivity index (χ2n) is 6.26. The monoisotopic (exact) mass is 382 g/mol. The molecule has 0 saturated heterocycles. The summed E-state index contributed by atoms with van der Waals surface area (Å²) in [6.45, 7) is 3.99. The Morgan fingerprint density at radius 3 is 2.32 bits per heavy atom. The SMILES string of the molecule is CCNC(=O)CN(CC)C(=O)COC(=O)c1ccccc1Cc1ccccc1. The minimum absolute atomic E-state index is 0.0503. The molecular formula is C22H26N2O4. The van der Waals surface area contributed by atoms with Crippen LogP contribution < -0.4 is 5.32 Å². The average molecular weight is 382 g/mol. The highest BCUT2D eigenvalue weighted by Gasteiger charge is 2.19. The fourth-order valence-electron chi connectivity index (χ4n) is 2.79. The van der Waals surface area contributed by atoms with Gasteiger partial charge in [-0.1, -0.05) is 48.5 Å². The van der Waals surface area contributed by atoms with Crippen LogP contribution in [-0.4, -0.2) is 48.9 Å². The molecule has 2 aromatic rings. The van der Waals surface area contributed by atoms with Gasteiger partial charge in [0.25, 0.3) is 5.91 Å². The van der Waals surface area contributed by atoms with Crippen LogP contribution in [0.5, 0.6) is 0 Å². The van der Waals surface area contributed by atoms with Crippen LogP contribution in [0.25, 0.3) is 0 Å². The van der Waals surface area contributed by atoms with Crippen molar-refractivity contribution in [3.8, 4) is 0 Å². The Balaban J connectivity index is 1.99. The van der Waals surface area contributed by atoms with Crippen LogP contribution in [0.4, 0.5) is 0 Å². The van der Waals surface area contributed by atoms with E-state index in [4.69, 9.17) is 4.74 Å². The molecule has 0 aliphatic rings. The van der Waals surface area contributed by atoms with Gasteiger partial charge in [0.2, 0.25) is 5.91 Å². The summed E-state index contributed by atoms with van der Waals surface area (Å²) in [5, 5.41) is 2.65. The first kappa shape index (κ1) is 21.2. The van der Waals surface area contributed by atoms with Crippen LogP contribution in [0.2, 0.25) is 0 Å². The van der Waals surface area contributed by atoms with Crippen molar-refractivity contribution in [2.45, 2.75) is 20.3 Å². The molecule has 2 rings (SSSR count). The number of benzene rings is 2. The molecule has 0 saturated carbocycles. The van der Waals surface area contributed by atoms with E-state index in [9.17, 15) is 14.4 Å². The standard InChI is InChI=1S/C22H26N2O4/c1-3-23-20(25)15-24(4-2)21(26)16-28-22(27)19-13-9-8-12-18(19)14-17-10-6-5-7-11-17/h5-13H,3-4,14-16H2,1-2H3,(H,23,25). The Morgan fingerprint density at radius 2 is 1.64 bits per heavy atom. The van der Waals surface area contributed by atoms with E-state index < -0.39 is 18.5 Å². The molecule has 0 aromatic heterocycles. The molecule has 0 aliphatic carbocycles. The minimum Gasteiger partial charge on any atom is -0.452 e. The third kappa shape index (κ3) is 6.23. The van der Waals surface area contributed by atoms with E-state index in [2.05, 4.69) is 5.32 Å². The van der Waals surface area contributed by atoms with Crippen LogP contribution in [0.3, 0.4) is 0 Å². The lowest BCUT2D eigenvalue weighted by molar-refractivity contribution is -0.138. The van der Waals surface area contributed by atoms with Gasteiger partial charge in [0.15, 0.2) is 6.61 Å². The van der Waals surface area contributed by atoms with Gasteiger partial charge in [-0.25, -0.2) is 4.79 Å². The number of amides is 2. The molecule has 0 aliphatic heterocycles. The maximum absolute atomic E-state index is 12.5. The van der Waals surface area contributed by atoms with Crippen molar-refractivity contribution in [3.05, 3.63) is 71.3 Å². The second kappa shape index (κ2) is 10.9. The van der Waals surface area contributed by atoms with Gasteiger partial charge in [-0.3, -0.25) is 9.59 Å². The third-order valence-electron chi connectivity index (χ3n) is 4.24. The summed E-state index contributed by atoms with van der Waals surface area (Å²) in [5.41, 5.74) is 2.35. The van der Waals surface area contributed by atoms with Gasteiger partial charge in [0.05, 0.1) is 12.1 Å². The molecule has 2 aromatic carbocycles. The summed E-state index contributed by atoms with van der Waals surface area (Å²) in [7, 11) is 0. The van der Waals surface area contributed by atoms with E-state index >= 15 is 0 Å². The number of carbonyl (C=O) groups is 3. The summed E-state index contributed by atoms with van der Waals surface area (Å²) < 4.78 is 5.23. The van der Waals surface area contributed by atoms with Gasteiger partial charge in [-0.2, -0.15) is 0 Å². The minimum atomic E-state index is -0.547. The largest absolute Gasteiger partial charge is 0.452 e. The predicted molar refractivity (Wildman–Crippen MR) is 107 cm³/mol. The zero-order valence-corrected chi connectivity index (χ0v) is 16.3. The molecule has 6 heteroatoms. The number of hydrogen-bond acceptors (Lipinski definition) is 4. The van der Waals surface area contributed by atoms with E-state index in [1.165, 1.54) is 4.90 Å². The fourth-order valence-corrected chi connectivity index (χ4v) is 2.79. The van der Waals surface area contributed by atoms with Crippen molar-refractivity contribution >= 4 is 17.8 Å². The van der Waals surface area contributed by atoms with Crippen LogP contribution in [0, 0.1) is 0 Å². The van der Waals surface area contributed by atoms with E-state index in [1.54, 1.807) is 19.1 Å². The molecule has 0 atom stereocenters. The average Bonchev–Trinajstić information content (AvgIpc) is 2.71. The quantitative estimate of drug-likeness (QED) is 0.676. The van der Waals surface area contributed by atoms with Gasteiger partial charge < -0.3 is 15.0 Å². The van der Waals surface area contributed by atoms with Gasteiger partial charge in [0, 0.05) is 13.1 Å². The molecule has 0 heterocycles. The molecule has 0 spiro atoms. The topological polar surface area (TPSA) is 75.7 Å². The van der Waals surface area contributed by atoms with Crippen LogP contribution >= 0.6 is 0 Å². The molecule has 1 N–H and O–H groups in total. The molecule has 0 bridgehead atoms. The number of rotatable bonds is 9. The Bertz CT molecular complexity index is 805. The summed E-state index contributed by atoms with van der Waals surface area (Å²) in [5.74, 6) is -1.19. The maximum Gasteiger partial charge on any atom is 0.338 e. The van der Waals surface area contributed by atoms with Crippen molar-refractivity contribution in [1.82, 2.24) is 10.2 Å². The predicted octanol–water partition coefficient (Wildman–Crippen LogP) is 2.42. The van der Waals surface area contributed by atoms with Crippen molar-refractivity contribution in [2.24, 2.45) is 0 Å². The third-order valence-corrected chi connectivity index (χ3v) is 4.24. The Labute approximate surface area is 165 Å². The Morgan fingerprint density at radius 1 is 0.964 bits per heavy atom. The normalized spacial score (nSPS) is 10.2. The number of nitrogens with zero attached hydrogens (tertiary/aromatic N) is 1.